The van der Waals surface area contributed by atoms with E-state index in [9.17, 15) is 9.59 Å². The molecular formula is C28H31N5O4S2. The molecule has 4 heterocycles. The number of pyridine rings is 1. The van der Waals surface area contributed by atoms with Crippen LogP contribution in [0.1, 0.15) is 23.1 Å². The van der Waals surface area contributed by atoms with E-state index in [0.29, 0.717) is 39.3 Å². The number of rotatable bonds is 9. The highest BCUT2D eigenvalue weighted by molar-refractivity contribution is 8.26. The van der Waals surface area contributed by atoms with Crippen molar-refractivity contribution in [2.75, 3.05) is 51.8 Å². The normalized spacial score (nSPS) is 17.4. The van der Waals surface area contributed by atoms with Gasteiger partial charge in [0.25, 0.3) is 11.5 Å². The zero-order valence-corrected chi connectivity index (χ0v) is 23.6. The van der Waals surface area contributed by atoms with Crippen LogP contribution < -0.4 is 15.6 Å². The van der Waals surface area contributed by atoms with E-state index in [4.69, 9.17) is 26.7 Å². The molecule has 39 heavy (non-hydrogen) atoms. The lowest BCUT2D eigenvalue weighted by atomic mass is 10.2. The number of anilines is 1. The number of carbonyl (C=O) groups excluding carboxylic acids is 1. The first-order chi connectivity index (χ1) is 18.9. The Morgan fingerprint density at radius 1 is 1.18 bits per heavy atom. The zero-order chi connectivity index (χ0) is 27.4. The van der Waals surface area contributed by atoms with Crippen molar-refractivity contribution in [2.24, 2.45) is 0 Å². The zero-order valence-electron chi connectivity index (χ0n) is 22.0. The van der Waals surface area contributed by atoms with E-state index in [1.54, 1.807) is 24.3 Å². The predicted octanol–water partition coefficient (Wildman–Crippen LogP) is 3.55. The first kappa shape index (κ1) is 27.3. The summed E-state index contributed by atoms with van der Waals surface area (Å²) in [5.74, 6) is 0.984. The number of aromatic nitrogens is 2. The van der Waals surface area contributed by atoms with Crippen molar-refractivity contribution in [1.29, 1.82) is 0 Å². The number of thiocarbonyl (C=S) groups is 1. The van der Waals surface area contributed by atoms with Gasteiger partial charge in [-0.05, 0) is 55.3 Å². The number of ether oxygens (including phenoxy) is 2. The number of nitrogens with zero attached hydrogens (tertiary/aromatic N) is 4. The minimum Gasteiger partial charge on any atom is -0.497 e. The fourth-order valence-electron chi connectivity index (χ4n) is 4.59. The molecule has 11 heteroatoms. The van der Waals surface area contributed by atoms with E-state index >= 15 is 0 Å². The summed E-state index contributed by atoms with van der Waals surface area (Å²) in [5, 5.41) is 3.37. The number of methoxy groups -OCH3 is 1. The van der Waals surface area contributed by atoms with Gasteiger partial charge in [0.1, 0.15) is 21.5 Å². The van der Waals surface area contributed by atoms with Crippen LogP contribution in [0.2, 0.25) is 0 Å². The third-order valence-electron chi connectivity index (χ3n) is 6.78. The Hall–Kier alpha value is -3.25. The number of thioether (sulfide) groups is 1. The summed E-state index contributed by atoms with van der Waals surface area (Å²) in [7, 11) is 1.61. The number of hydrogen-bond acceptors (Lipinski definition) is 9. The molecule has 1 aromatic carbocycles. The van der Waals surface area contributed by atoms with Crippen LogP contribution in [0.25, 0.3) is 11.7 Å². The van der Waals surface area contributed by atoms with Gasteiger partial charge in [0, 0.05) is 25.8 Å². The summed E-state index contributed by atoms with van der Waals surface area (Å²) in [6.07, 6.45) is 4.21. The molecule has 0 bridgehead atoms. The third-order valence-corrected chi connectivity index (χ3v) is 8.16. The van der Waals surface area contributed by atoms with Crippen LogP contribution in [0.3, 0.4) is 0 Å². The molecule has 3 aromatic rings. The standard InChI is InChI=1S/C28H31N5O4S2/c1-19-5-3-12-32-25(19)30-24(29-10-4-11-31-13-15-37-16-14-31)22(26(32)34)17-23-27(35)33(28(38)39-23)18-20-6-8-21(36-2)9-7-20/h3,5-9,12,17,29H,4,10-11,13-16,18H2,1-2H3/b23-17+. The van der Waals surface area contributed by atoms with E-state index < -0.39 is 0 Å². The van der Waals surface area contributed by atoms with E-state index in [-0.39, 0.29) is 11.5 Å². The second-order valence-electron chi connectivity index (χ2n) is 9.41. The highest BCUT2D eigenvalue weighted by Crippen LogP contribution is 2.34. The molecule has 0 atom stereocenters. The number of carbonyl (C=O) groups is 1. The van der Waals surface area contributed by atoms with Crippen molar-refractivity contribution in [3.63, 3.8) is 0 Å². The van der Waals surface area contributed by atoms with Crippen molar-refractivity contribution < 1.29 is 14.3 Å². The smallest absolute Gasteiger partial charge is 0.267 e. The lowest BCUT2D eigenvalue weighted by molar-refractivity contribution is -0.122. The van der Waals surface area contributed by atoms with Crippen molar-refractivity contribution >= 4 is 51.7 Å². The summed E-state index contributed by atoms with van der Waals surface area (Å²) in [4.78, 5) is 36.1. The molecule has 2 fully saturated rings. The number of fused-ring (bicyclic) bond motifs is 1. The molecule has 1 N–H and O–H groups in total. The molecule has 204 valence electrons. The van der Waals surface area contributed by atoms with Gasteiger partial charge in [0.15, 0.2) is 0 Å². The third kappa shape index (κ3) is 6.17. The SMILES string of the molecule is COc1ccc(CN2C(=O)/C(=C\c3c(NCCCN4CCOCC4)nc4c(C)cccn4c3=O)SC2=S)cc1. The molecule has 1 amide bonds. The number of aryl methyl sites for hydroxylation is 1. The molecular weight excluding hydrogens is 534 g/mol. The van der Waals surface area contributed by atoms with Gasteiger partial charge in [-0.3, -0.25) is 23.8 Å². The van der Waals surface area contributed by atoms with E-state index in [1.807, 2.05) is 43.3 Å². The molecule has 2 aliphatic heterocycles. The van der Waals surface area contributed by atoms with Gasteiger partial charge in [-0.2, -0.15) is 0 Å². The van der Waals surface area contributed by atoms with Crippen LogP contribution in [0, 0.1) is 6.92 Å². The first-order valence-corrected chi connectivity index (χ1v) is 14.1. The van der Waals surface area contributed by atoms with Crippen LogP contribution in [-0.2, 0) is 16.1 Å². The molecule has 2 aromatic heterocycles. The largest absolute Gasteiger partial charge is 0.497 e. The van der Waals surface area contributed by atoms with Gasteiger partial charge >= 0.3 is 0 Å². The Labute approximate surface area is 236 Å². The van der Waals surface area contributed by atoms with Gasteiger partial charge in [-0.1, -0.05) is 42.2 Å². The topological polar surface area (TPSA) is 88.4 Å². The number of nitrogens with one attached hydrogen (secondary N) is 1. The molecule has 2 aliphatic rings. The van der Waals surface area contributed by atoms with Crippen LogP contribution in [0.4, 0.5) is 5.82 Å². The Morgan fingerprint density at radius 2 is 1.95 bits per heavy atom. The Balaban J connectivity index is 1.40. The monoisotopic (exact) mass is 565 g/mol. The highest BCUT2D eigenvalue weighted by atomic mass is 32.2. The van der Waals surface area contributed by atoms with Crippen LogP contribution in [0.5, 0.6) is 5.75 Å². The van der Waals surface area contributed by atoms with Gasteiger partial charge in [-0.25, -0.2) is 4.98 Å². The van der Waals surface area contributed by atoms with E-state index in [0.717, 1.165) is 56.1 Å². The molecule has 2 saturated heterocycles. The predicted molar refractivity (Wildman–Crippen MR) is 158 cm³/mol. The maximum Gasteiger partial charge on any atom is 0.267 e. The second-order valence-corrected chi connectivity index (χ2v) is 11.1. The number of amides is 1. The average molecular weight is 566 g/mol. The highest BCUT2D eigenvalue weighted by Gasteiger charge is 2.32. The molecule has 0 saturated carbocycles. The van der Waals surface area contributed by atoms with E-state index in [1.165, 1.54) is 16.2 Å². The van der Waals surface area contributed by atoms with Gasteiger partial charge in [0.05, 0.1) is 37.3 Å². The summed E-state index contributed by atoms with van der Waals surface area (Å²) in [6, 6.07) is 11.3. The van der Waals surface area contributed by atoms with Crippen LogP contribution >= 0.6 is 24.0 Å². The summed E-state index contributed by atoms with van der Waals surface area (Å²) >= 11 is 6.74. The van der Waals surface area contributed by atoms with Gasteiger partial charge < -0.3 is 14.8 Å². The Morgan fingerprint density at radius 3 is 2.69 bits per heavy atom. The van der Waals surface area contributed by atoms with Crippen molar-refractivity contribution in [3.8, 4) is 5.75 Å². The molecule has 9 nitrogen and oxygen atoms in total. The lowest BCUT2D eigenvalue weighted by Crippen LogP contribution is -2.37. The van der Waals surface area contributed by atoms with Gasteiger partial charge in [0.2, 0.25) is 0 Å². The first-order valence-electron chi connectivity index (χ1n) is 12.9. The molecule has 0 radical (unpaired) electrons. The summed E-state index contributed by atoms with van der Waals surface area (Å²) in [6.45, 7) is 7.22. The maximum atomic E-state index is 13.6. The number of benzene rings is 1. The fraction of sp³-hybridized carbons (Fsp3) is 0.357. The number of morpholine rings is 1. The molecule has 0 spiro atoms. The molecule has 0 unspecified atom stereocenters. The molecule has 0 aliphatic carbocycles. The quantitative estimate of drug-likeness (QED) is 0.238. The van der Waals surface area contributed by atoms with Crippen molar-refractivity contribution in [3.05, 3.63) is 74.5 Å². The lowest BCUT2D eigenvalue weighted by Gasteiger charge is -2.26. The minimum atomic E-state index is -0.236. The van der Waals surface area contributed by atoms with Crippen LogP contribution in [-0.4, -0.2) is 75.9 Å². The van der Waals surface area contributed by atoms with Gasteiger partial charge in [-0.15, -0.1) is 0 Å². The summed E-state index contributed by atoms with van der Waals surface area (Å²) in [5.41, 5.74) is 2.51. The Bertz CT molecular complexity index is 1470. The summed E-state index contributed by atoms with van der Waals surface area (Å²) < 4.78 is 12.6. The Kier molecular flexibility index (Phi) is 8.61. The van der Waals surface area contributed by atoms with Crippen LogP contribution in [0.15, 0.2) is 52.3 Å². The minimum absolute atomic E-state index is 0.229. The van der Waals surface area contributed by atoms with Crippen molar-refractivity contribution in [2.45, 2.75) is 19.9 Å². The second kappa shape index (κ2) is 12.3. The van der Waals surface area contributed by atoms with E-state index in [2.05, 4.69) is 10.2 Å². The fourth-order valence-corrected chi connectivity index (χ4v) is 5.83. The molecule has 5 rings (SSSR count). The maximum absolute atomic E-state index is 13.6. The number of hydrogen-bond donors (Lipinski definition) is 1. The average Bonchev–Trinajstić information content (AvgIpc) is 3.21. The van der Waals surface area contributed by atoms with Crippen molar-refractivity contribution in [1.82, 2.24) is 19.2 Å².